The molecule has 1 fully saturated rings. The largest absolute Gasteiger partial charge is 0.487 e. The van der Waals surface area contributed by atoms with Crippen LogP contribution < -0.4 is 16.2 Å². The summed E-state index contributed by atoms with van der Waals surface area (Å²) in [5.74, 6) is -0.598. The standard InChI is InChI=1S/C16H22BN3O3/c17-5-3-11-1-2-15(14(7-11)16(21)22)23-13-9-20(10-13)8-12(19)4-6-18/h1-2,4,6-7,12-13H,3,5,8-10,18-19H2,(H,21,22)/b6-4-. The third kappa shape index (κ3) is 4.74. The number of nitrogens with zero attached hydrogens (tertiary/aromatic N) is 1. The SMILES string of the molecule is [B]CCc1ccc(OC2CN(CC(N)/C=C\N)C2)c(C(=O)O)c1. The predicted molar refractivity (Wildman–Crippen MR) is 89.8 cm³/mol. The van der Waals surface area contributed by atoms with Crippen molar-refractivity contribution in [3.05, 3.63) is 41.6 Å². The second-order valence-corrected chi connectivity index (χ2v) is 5.68. The molecule has 1 aromatic carbocycles. The van der Waals surface area contributed by atoms with E-state index in [0.29, 0.717) is 25.0 Å². The fourth-order valence-corrected chi connectivity index (χ4v) is 2.60. The first-order valence-electron chi connectivity index (χ1n) is 7.62. The number of carboxylic acid groups (broad SMARTS) is 1. The molecule has 1 aliphatic heterocycles. The van der Waals surface area contributed by atoms with Crippen LogP contribution in [0.4, 0.5) is 0 Å². The van der Waals surface area contributed by atoms with Gasteiger partial charge in [-0.15, -0.1) is 0 Å². The molecular formula is C16H22BN3O3. The van der Waals surface area contributed by atoms with Crippen molar-refractivity contribution in [3.63, 3.8) is 0 Å². The fraction of sp³-hybridized carbons (Fsp3) is 0.438. The van der Waals surface area contributed by atoms with Gasteiger partial charge >= 0.3 is 5.97 Å². The van der Waals surface area contributed by atoms with Crippen molar-refractivity contribution in [2.45, 2.75) is 24.9 Å². The van der Waals surface area contributed by atoms with Gasteiger partial charge in [-0.2, -0.15) is 0 Å². The number of hydrogen-bond acceptors (Lipinski definition) is 5. The van der Waals surface area contributed by atoms with Crippen LogP contribution in [-0.2, 0) is 6.42 Å². The van der Waals surface area contributed by atoms with Gasteiger partial charge in [0.25, 0.3) is 0 Å². The van der Waals surface area contributed by atoms with Gasteiger partial charge < -0.3 is 21.3 Å². The van der Waals surface area contributed by atoms with Gasteiger partial charge in [0.1, 0.15) is 17.4 Å². The molecule has 0 saturated carbocycles. The highest BCUT2D eigenvalue weighted by Gasteiger charge is 2.30. The van der Waals surface area contributed by atoms with E-state index in [2.05, 4.69) is 4.90 Å². The van der Waals surface area contributed by atoms with E-state index in [-0.39, 0.29) is 17.7 Å². The number of hydrogen-bond donors (Lipinski definition) is 3. The average molecular weight is 315 g/mol. The summed E-state index contributed by atoms with van der Waals surface area (Å²) in [6.45, 7) is 2.14. The Morgan fingerprint density at radius 2 is 2.26 bits per heavy atom. The molecule has 0 spiro atoms. The maximum atomic E-state index is 11.4. The number of likely N-dealkylation sites (tertiary alicyclic amines) is 1. The number of ether oxygens (including phenoxy) is 1. The Hall–Kier alpha value is -1.99. The van der Waals surface area contributed by atoms with Gasteiger partial charge in [-0.1, -0.05) is 18.5 Å². The minimum absolute atomic E-state index is 0.0254. The van der Waals surface area contributed by atoms with Gasteiger partial charge in [0.15, 0.2) is 0 Å². The molecule has 1 atom stereocenters. The van der Waals surface area contributed by atoms with E-state index >= 15 is 0 Å². The van der Waals surface area contributed by atoms with Crippen LogP contribution in [0.1, 0.15) is 15.9 Å². The summed E-state index contributed by atoms with van der Waals surface area (Å²) in [6, 6.07) is 5.08. The number of carbonyl (C=O) groups is 1. The second-order valence-electron chi connectivity index (χ2n) is 5.68. The van der Waals surface area contributed by atoms with E-state index in [1.54, 1.807) is 18.2 Å². The molecule has 1 aliphatic rings. The zero-order valence-corrected chi connectivity index (χ0v) is 13.0. The molecule has 2 rings (SSSR count). The molecule has 1 heterocycles. The molecule has 5 N–H and O–H groups in total. The molecule has 122 valence electrons. The average Bonchev–Trinajstić information content (AvgIpc) is 2.46. The lowest BCUT2D eigenvalue weighted by Gasteiger charge is -2.40. The monoisotopic (exact) mass is 315 g/mol. The van der Waals surface area contributed by atoms with Crippen LogP contribution >= 0.6 is 0 Å². The quantitative estimate of drug-likeness (QED) is 0.599. The number of carboxylic acids is 1. The van der Waals surface area contributed by atoms with Crippen LogP contribution in [0.15, 0.2) is 30.5 Å². The maximum absolute atomic E-state index is 11.4. The number of nitrogens with two attached hydrogens (primary N) is 2. The van der Waals surface area contributed by atoms with E-state index in [9.17, 15) is 9.90 Å². The molecular weight excluding hydrogens is 293 g/mol. The summed E-state index contributed by atoms with van der Waals surface area (Å²) < 4.78 is 5.81. The lowest BCUT2D eigenvalue weighted by atomic mass is 9.96. The molecule has 0 bridgehead atoms. The van der Waals surface area contributed by atoms with Gasteiger partial charge in [-0.05, 0) is 30.3 Å². The number of aryl methyl sites for hydroxylation is 1. The van der Waals surface area contributed by atoms with Crippen molar-refractivity contribution in [2.75, 3.05) is 19.6 Å². The van der Waals surface area contributed by atoms with Gasteiger partial charge in [-0.25, -0.2) is 4.79 Å². The number of rotatable bonds is 8. The lowest BCUT2D eigenvalue weighted by Crippen LogP contribution is -2.56. The minimum atomic E-state index is -0.995. The Labute approximate surface area is 137 Å². The summed E-state index contributed by atoms with van der Waals surface area (Å²) in [6.07, 6.45) is 4.29. The van der Waals surface area contributed by atoms with Crippen molar-refractivity contribution in [1.29, 1.82) is 0 Å². The predicted octanol–water partition coefficient (Wildman–Crippen LogP) is 0.377. The highest BCUT2D eigenvalue weighted by molar-refractivity contribution is 6.08. The van der Waals surface area contributed by atoms with E-state index in [1.807, 2.05) is 6.07 Å². The Kier molecular flexibility index (Phi) is 6.07. The second kappa shape index (κ2) is 8.03. The maximum Gasteiger partial charge on any atom is 0.339 e. The van der Waals surface area contributed by atoms with Crippen LogP contribution in [0.5, 0.6) is 5.75 Å². The molecule has 1 unspecified atom stereocenters. The molecule has 0 amide bonds. The molecule has 0 aromatic heterocycles. The van der Waals surface area contributed by atoms with E-state index in [1.165, 1.54) is 6.20 Å². The van der Waals surface area contributed by atoms with Crippen LogP contribution in [-0.4, -0.2) is 55.6 Å². The third-order valence-electron chi connectivity index (χ3n) is 3.75. The minimum Gasteiger partial charge on any atom is -0.487 e. The Balaban J connectivity index is 1.93. The Bertz CT molecular complexity index is 574. The summed E-state index contributed by atoms with van der Waals surface area (Å²) >= 11 is 0. The first kappa shape index (κ1) is 17.4. The highest BCUT2D eigenvalue weighted by atomic mass is 16.5. The van der Waals surface area contributed by atoms with E-state index in [4.69, 9.17) is 24.1 Å². The summed E-state index contributed by atoms with van der Waals surface area (Å²) in [5.41, 5.74) is 12.2. The Morgan fingerprint density at radius 1 is 1.52 bits per heavy atom. The number of aromatic carboxylic acids is 1. The fourth-order valence-electron chi connectivity index (χ4n) is 2.60. The van der Waals surface area contributed by atoms with Gasteiger partial charge in [0.2, 0.25) is 0 Å². The Morgan fingerprint density at radius 3 is 2.87 bits per heavy atom. The van der Waals surface area contributed by atoms with Gasteiger partial charge in [-0.3, -0.25) is 4.90 Å². The van der Waals surface area contributed by atoms with Crippen molar-refractivity contribution in [3.8, 4) is 5.75 Å². The van der Waals surface area contributed by atoms with Crippen molar-refractivity contribution in [2.24, 2.45) is 11.5 Å². The molecule has 0 aliphatic carbocycles. The smallest absolute Gasteiger partial charge is 0.339 e. The highest BCUT2D eigenvalue weighted by Crippen LogP contribution is 2.24. The summed E-state index contributed by atoms with van der Waals surface area (Å²) in [5, 5.41) is 9.33. The van der Waals surface area contributed by atoms with Crippen LogP contribution in [0, 0.1) is 0 Å². The van der Waals surface area contributed by atoms with Gasteiger partial charge in [0.05, 0.1) is 7.85 Å². The first-order chi connectivity index (χ1) is 11.0. The van der Waals surface area contributed by atoms with Gasteiger partial charge in [0, 0.05) is 25.7 Å². The third-order valence-corrected chi connectivity index (χ3v) is 3.75. The number of benzene rings is 1. The molecule has 1 saturated heterocycles. The van der Waals surface area contributed by atoms with Crippen molar-refractivity contribution in [1.82, 2.24) is 4.90 Å². The van der Waals surface area contributed by atoms with E-state index in [0.717, 1.165) is 18.7 Å². The molecule has 7 heteroatoms. The molecule has 1 aromatic rings. The first-order valence-corrected chi connectivity index (χ1v) is 7.62. The van der Waals surface area contributed by atoms with Crippen molar-refractivity contribution >= 4 is 13.8 Å². The normalized spacial score (nSPS) is 17.1. The summed E-state index contributed by atoms with van der Waals surface area (Å²) in [4.78, 5) is 13.5. The lowest BCUT2D eigenvalue weighted by molar-refractivity contribution is 0.0179. The topological polar surface area (TPSA) is 102 Å². The molecule has 6 nitrogen and oxygen atoms in total. The molecule has 23 heavy (non-hydrogen) atoms. The van der Waals surface area contributed by atoms with Crippen LogP contribution in [0.3, 0.4) is 0 Å². The summed E-state index contributed by atoms with van der Waals surface area (Å²) in [7, 11) is 5.51. The van der Waals surface area contributed by atoms with Crippen molar-refractivity contribution < 1.29 is 14.6 Å². The van der Waals surface area contributed by atoms with E-state index < -0.39 is 5.97 Å². The zero-order chi connectivity index (χ0) is 16.8. The van der Waals surface area contributed by atoms with Crippen LogP contribution in [0.25, 0.3) is 0 Å². The zero-order valence-electron chi connectivity index (χ0n) is 13.0. The molecule has 2 radical (unpaired) electrons. The van der Waals surface area contributed by atoms with Crippen LogP contribution in [0.2, 0.25) is 6.32 Å².